The molecule has 0 bridgehead atoms. The maximum atomic E-state index is 13.1. The zero-order chi connectivity index (χ0) is 20.3. The number of alkyl halides is 2. The molecule has 0 radical (unpaired) electrons. The van der Waals surface area contributed by atoms with E-state index in [4.69, 9.17) is 12.2 Å². The average molecular weight is 403 g/mol. The number of nitrogens with zero attached hydrogens (tertiary/aromatic N) is 1. The number of hydrogen-bond acceptors (Lipinski definition) is 3. The maximum absolute atomic E-state index is 13.1. The lowest BCUT2D eigenvalue weighted by Crippen LogP contribution is -2.46. The van der Waals surface area contributed by atoms with E-state index in [9.17, 15) is 13.6 Å². The molecule has 0 spiro atoms. The Morgan fingerprint density at radius 1 is 1.18 bits per heavy atom. The summed E-state index contributed by atoms with van der Waals surface area (Å²) in [5.41, 5.74) is 2.01. The van der Waals surface area contributed by atoms with Gasteiger partial charge in [-0.25, -0.2) is 0 Å². The number of carbonyl (C=O) groups is 1. The first kappa shape index (κ1) is 19.8. The summed E-state index contributed by atoms with van der Waals surface area (Å²) in [7, 11) is 1.73. The van der Waals surface area contributed by atoms with Crippen molar-refractivity contribution in [2.45, 2.75) is 19.6 Å². The fourth-order valence-corrected chi connectivity index (χ4v) is 3.26. The highest BCUT2D eigenvalue weighted by Crippen LogP contribution is 2.36. The van der Waals surface area contributed by atoms with Crippen molar-refractivity contribution in [1.29, 1.82) is 0 Å². The van der Waals surface area contributed by atoms with Gasteiger partial charge in [-0.2, -0.15) is 8.78 Å². The van der Waals surface area contributed by atoms with Crippen LogP contribution in [0.1, 0.15) is 18.5 Å². The number of thiocarbonyl (C=S) groups is 1. The molecule has 146 valence electrons. The second-order valence-corrected chi connectivity index (χ2v) is 6.56. The van der Waals surface area contributed by atoms with Gasteiger partial charge in [0.05, 0.1) is 11.6 Å². The van der Waals surface area contributed by atoms with Gasteiger partial charge in [0.15, 0.2) is 5.11 Å². The van der Waals surface area contributed by atoms with Gasteiger partial charge < -0.3 is 20.3 Å². The van der Waals surface area contributed by atoms with Crippen LogP contribution in [0, 0.1) is 0 Å². The van der Waals surface area contributed by atoms with Crippen LogP contribution in [-0.2, 0) is 4.79 Å². The van der Waals surface area contributed by atoms with E-state index in [-0.39, 0.29) is 11.7 Å². The number of anilines is 1. The number of rotatable bonds is 5. The van der Waals surface area contributed by atoms with E-state index in [0.717, 1.165) is 0 Å². The Morgan fingerprint density at radius 2 is 1.82 bits per heavy atom. The zero-order valence-corrected chi connectivity index (χ0v) is 16.1. The Bertz CT molecular complexity index is 919. The number of benzene rings is 2. The predicted molar refractivity (Wildman–Crippen MR) is 107 cm³/mol. The van der Waals surface area contributed by atoms with E-state index in [1.165, 1.54) is 6.07 Å². The minimum Gasteiger partial charge on any atom is -0.434 e. The number of para-hydroxylation sites is 2. The molecule has 5 nitrogen and oxygen atoms in total. The highest BCUT2D eigenvalue weighted by atomic mass is 32.1. The average Bonchev–Trinajstić information content (AvgIpc) is 2.66. The van der Waals surface area contributed by atoms with Crippen LogP contribution in [0.15, 0.2) is 65.9 Å². The molecule has 0 saturated carbocycles. The van der Waals surface area contributed by atoms with Crippen LogP contribution in [0.5, 0.6) is 5.75 Å². The summed E-state index contributed by atoms with van der Waals surface area (Å²) in [6, 6.07) is 14.6. The number of nitrogens with one attached hydrogen (secondary N) is 2. The minimum atomic E-state index is -2.98. The van der Waals surface area contributed by atoms with Gasteiger partial charge in [0.1, 0.15) is 5.75 Å². The van der Waals surface area contributed by atoms with E-state index in [2.05, 4.69) is 15.4 Å². The second-order valence-electron chi connectivity index (χ2n) is 6.18. The van der Waals surface area contributed by atoms with Crippen molar-refractivity contribution in [3.05, 3.63) is 71.4 Å². The van der Waals surface area contributed by atoms with Crippen molar-refractivity contribution in [3.8, 4) is 5.75 Å². The molecule has 1 amide bonds. The topological polar surface area (TPSA) is 53.6 Å². The predicted octanol–water partition coefficient (Wildman–Crippen LogP) is 4.06. The van der Waals surface area contributed by atoms with Gasteiger partial charge in [0.25, 0.3) is 5.91 Å². The Balaban J connectivity index is 2.04. The van der Waals surface area contributed by atoms with Crippen molar-refractivity contribution in [2.75, 3.05) is 12.4 Å². The number of ether oxygens (including phenoxy) is 1. The fraction of sp³-hybridized carbons (Fsp3) is 0.200. The highest BCUT2D eigenvalue weighted by molar-refractivity contribution is 7.80. The van der Waals surface area contributed by atoms with Crippen molar-refractivity contribution < 1.29 is 18.3 Å². The molecule has 0 fully saturated rings. The molecule has 0 aliphatic carbocycles. The molecule has 8 heteroatoms. The summed E-state index contributed by atoms with van der Waals surface area (Å²) < 4.78 is 30.4. The lowest BCUT2D eigenvalue weighted by molar-refractivity contribution is -0.113. The summed E-state index contributed by atoms with van der Waals surface area (Å²) in [6.45, 7) is -1.22. The Kier molecular flexibility index (Phi) is 5.89. The van der Waals surface area contributed by atoms with Crippen LogP contribution in [-0.4, -0.2) is 29.6 Å². The van der Waals surface area contributed by atoms with Crippen LogP contribution < -0.4 is 15.4 Å². The molecule has 1 unspecified atom stereocenters. The number of carbonyl (C=O) groups excluding carboxylic acids is 1. The van der Waals surface area contributed by atoms with Gasteiger partial charge in [-0.05, 0) is 37.3 Å². The van der Waals surface area contributed by atoms with Gasteiger partial charge in [0, 0.05) is 24.0 Å². The van der Waals surface area contributed by atoms with Gasteiger partial charge in [0.2, 0.25) is 0 Å². The van der Waals surface area contributed by atoms with E-state index in [1.54, 1.807) is 61.3 Å². The molecule has 1 heterocycles. The third kappa shape index (κ3) is 4.12. The zero-order valence-electron chi connectivity index (χ0n) is 15.3. The van der Waals surface area contributed by atoms with Gasteiger partial charge in [-0.3, -0.25) is 4.79 Å². The molecule has 0 saturated heterocycles. The van der Waals surface area contributed by atoms with Crippen molar-refractivity contribution in [1.82, 2.24) is 10.2 Å². The number of allylic oxidation sites excluding steroid dienone is 1. The molecule has 2 aromatic rings. The van der Waals surface area contributed by atoms with Crippen LogP contribution in [0.4, 0.5) is 14.5 Å². The Labute approximate surface area is 167 Å². The van der Waals surface area contributed by atoms with Gasteiger partial charge >= 0.3 is 6.61 Å². The molecular formula is C20H19F2N3O2S. The normalized spacial score (nSPS) is 16.8. The standard InChI is InChI=1S/C20H19F2N3O2S/c1-12-16(18(26)23-13-8-4-3-5-9-13)17(24-20(28)25(12)2)14-10-6-7-11-15(14)27-19(21)22/h3-11,17,19H,1-2H3,(H,23,26)(H,24,28). The first-order chi connectivity index (χ1) is 13.4. The highest BCUT2D eigenvalue weighted by Gasteiger charge is 2.34. The van der Waals surface area contributed by atoms with Crippen molar-refractivity contribution >= 4 is 28.9 Å². The molecule has 0 aromatic heterocycles. The largest absolute Gasteiger partial charge is 0.434 e. The fourth-order valence-electron chi connectivity index (χ4n) is 3.01. The molecule has 1 aliphatic heterocycles. The number of hydrogen-bond donors (Lipinski definition) is 2. The first-order valence-corrected chi connectivity index (χ1v) is 8.94. The lowest BCUT2D eigenvalue weighted by Gasteiger charge is -2.36. The van der Waals surface area contributed by atoms with E-state index in [0.29, 0.717) is 27.6 Å². The first-order valence-electron chi connectivity index (χ1n) is 8.53. The van der Waals surface area contributed by atoms with Crippen molar-refractivity contribution in [2.24, 2.45) is 0 Å². The number of halogens is 2. The molecule has 1 aliphatic rings. The third-order valence-corrected chi connectivity index (χ3v) is 4.87. The van der Waals surface area contributed by atoms with Gasteiger partial charge in [-0.15, -0.1) is 0 Å². The molecule has 3 rings (SSSR count). The minimum absolute atomic E-state index is 0.0137. The summed E-state index contributed by atoms with van der Waals surface area (Å²) >= 11 is 5.34. The smallest absolute Gasteiger partial charge is 0.387 e. The lowest BCUT2D eigenvalue weighted by atomic mass is 9.93. The second kappa shape index (κ2) is 8.35. The van der Waals surface area contributed by atoms with Crippen LogP contribution in [0.3, 0.4) is 0 Å². The van der Waals surface area contributed by atoms with E-state index >= 15 is 0 Å². The Hall–Kier alpha value is -3.00. The van der Waals surface area contributed by atoms with Crippen molar-refractivity contribution in [3.63, 3.8) is 0 Å². The van der Waals surface area contributed by atoms with E-state index in [1.807, 2.05) is 6.07 Å². The maximum Gasteiger partial charge on any atom is 0.387 e. The quantitative estimate of drug-likeness (QED) is 0.738. The van der Waals surface area contributed by atoms with Crippen LogP contribution in [0.2, 0.25) is 0 Å². The molecule has 1 atom stereocenters. The summed E-state index contributed by atoms with van der Waals surface area (Å²) in [6.07, 6.45) is 0. The third-order valence-electron chi connectivity index (χ3n) is 4.48. The Morgan fingerprint density at radius 3 is 2.50 bits per heavy atom. The molecule has 2 N–H and O–H groups in total. The van der Waals surface area contributed by atoms with E-state index < -0.39 is 12.7 Å². The van der Waals surface area contributed by atoms with Crippen LogP contribution >= 0.6 is 12.2 Å². The SMILES string of the molecule is CC1=C(C(=O)Nc2ccccc2)C(c2ccccc2OC(F)F)NC(=S)N1C. The molecule has 28 heavy (non-hydrogen) atoms. The van der Waals surface area contributed by atoms with Gasteiger partial charge in [-0.1, -0.05) is 36.4 Å². The summed E-state index contributed by atoms with van der Waals surface area (Å²) in [5, 5.41) is 6.28. The molecule has 2 aromatic carbocycles. The summed E-state index contributed by atoms with van der Waals surface area (Å²) in [5.74, 6) is -0.373. The summed E-state index contributed by atoms with van der Waals surface area (Å²) in [4.78, 5) is 14.7. The van der Waals surface area contributed by atoms with Crippen LogP contribution in [0.25, 0.3) is 0 Å². The monoisotopic (exact) mass is 403 g/mol. The molecular weight excluding hydrogens is 384 g/mol. The number of amides is 1.